The molecule has 0 spiro atoms. The Hall–Kier alpha value is -0.270. The van der Waals surface area contributed by atoms with Crippen molar-refractivity contribution < 1.29 is 0 Å². The summed E-state index contributed by atoms with van der Waals surface area (Å²) in [5, 5.41) is 1.67. The Kier molecular flexibility index (Phi) is 3.83. The van der Waals surface area contributed by atoms with E-state index in [0.29, 0.717) is 0 Å². The summed E-state index contributed by atoms with van der Waals surface area (Å²) in [7, 11) is 0. The Labute approximate surface area is 86.4 Å². The van der Waals surface area contributed by atoms with Gasteiger partial charge in [0, 0.05) is 10.4 Å². The highest BCUT2D eigenvalue weighted by atomic mass is 79.9. The van der Waals surface area contributed by atoms with Crippen LogP contribution in [0.2, 0.25) is 5.02 Å². The van der Waals surface area contributed by atoms with Crippen molar-refractivity contribution in [3.05, 3.63) is 40.9 Å². The number of benzene rings is 1. The molecule has 0 unspecified atom stereocenters. The first-order chi connectivity index (χ1) is 5.74. The van der Waals surface area contributed by atoms with Crippen molar-refractivity contribution in [2.45, 2.75) is 6.92 Å². The molecule has 1 aromatic rings. The average molecular weight is 246 g/mol. The Morgan fingerprint density at radius 3 is 2.50 bits per heavy atom. The Balaban J connectivity index is 2.89. The van der Waals surface area contributed by atoms with Crippen LogP contribution in [0.25, 0.3) is 5.57 Å². The van der Waals surface area contributed by atoms with E-state index in [9.17, 15) is 0 Å². The lowest BCUT2D eigenvalue weighted by Crippen LogP contribution is -1.78. The van der Waals surface area contributed by atoms with Crippen molar-refractivity contribution >= 4 is 33.1 Å². The van der Waals surface area contributed by atoms with E-state index in [1.54, 1.807) is 0 Å². The maximum absolute atomic E-state index is 5.76. The standard InChI is InChI=1S/C10H10BrCl/c1-8(6-7-11)9-2-4-10(12)5-3-9/h2-6H,7H2,1H3/b8-6+. The third-order valence-corrected chi connectivity index (χ3v) is 2.26. The molecule has 0 nitrogen and oxygen atoms in total. The normalized spacial score (nSPS) is 11.8. The minimum Gasteiger partial charge on any atom is -0.0883 e. The molecular weight excluding hydrogens is 235 g/mol. The van der Waals surface area contributed by atoms with Gasteiger partial charge in [0.2, 0.25) is 0 Å². The van der Waals surface area contributed by atoms with Gasteiger partial charge in [-0.25, -0.2) is 0 Å². The largest absolute Gasteiger partial charge is 0.0883 e. The SMILES string of the molecule is C/C(=C\CBr)c1ccc(Cl)cc1. The predicted molar refractivity (Wildman–Crippen MR) is 58.9 cm³/mol. The van der Waals surface area contributed by atoms with Gasteiger partial charge in [-0.05, 0) is 30.2 Å². The second kappa shape index (κ2) is 4.68. The van der Waals surface area contributed by atoms with Gasteiger partial charge < -0.3 is 0 Å². The summed E-state index contributed by atoms with van der Waals surface area (Å²) >= 11 is 9.12. The molecular formula is C10H10BrCl. The lowest BCUT2D eigenvalue weighted by Gasteiger charge is -1.99. The monoisotopic (exact) mass is 244 g/mol. The van der Waals surface area contributed by atoms with Crippen LogP contribution in [-0.2, 0) is 0 Å². The second-order valence-corrected chi connectivity index (χ2v) is 3.63. The molecule has 0 N–H and O–H groups in total. The van der Waals surface area contributed by atoms with Gasteiger partial charge in [-0.15, -0.1) is 0 Å². The number of halogens is 2. The van der Waals surface area contributed by atoms with Gasteiger partial charge in [-0.1, -0.05) is 45.7 Å². The Morgan fingerprint density at radius 1 is 1.42 bits per heavy atom. The summed E-state index contributed by atoms with van der Waals surface area (Å²) < 4.78 is 0. The zero-order chi connectivity index (χ0) is 8.97. The molecule has 0 aromatic heterocycles. The van der Waals surface area contributed by atoms with E-state index in [1.807, 2.05) is 24.3 Å². The van der Waals surface area contributed by atoms with Gasteiger partial charge >= 0.3 is 0 Å². The first kappa shape index (κ1) is 9.82. The number of allylic oxidation sites excluding steroid dienone is 2. The van der Waals surface area contributed by atoms with Crippen LogP contribution >= 0.6 is 27.5 Å². The molecule has 2 heteroatoms. The molecule has 12 heavy (non-hydrogen) atoms. The van der Waals surface area contributed by atoms with Crippen LogP contribution in [0, 0.1) is 0 Å². The van der Waals surface area contributed by atoms with Gasteiger partial charge in [0.1, 0.15) is 0 Å². The quantitative estimate of drug-likeness (QED) is 0.687. The summed E-state index contributed by atoms with van der Waals surface area (Å²) in [6, 6.07) is 7.86. The molecule has 0 radical (unpaired) electrons. The van der Waals surface area contributed by atoms with Crippen LogP contribution in [0.3, 0.4) is 0 Å². The van der Waals surface area contributed by atoms with Crippen molar-refractivity contribution in [2.24, 2.45) is 0 Å². The molecule has 0 atom stereocenters. The minimum absolute atomic E-state index is 0.783. The molecule has 64 valence electrons. The molecule has 0 amide bonds. The zero-order valence-electron chi connectivity index (χ0n) is 6.85. The highest BCUT2D eigenvalue weighted by Crippen LogP contribution is 2.16. The molecule has 1 aromatic carbocycles. The van der Waals surface area contributed by atoms with Crippen LogP contribution in [0.4, 0.5) is 0 Å². The van der Waals surface area contributed by atoms with E-state index in [4.69, 9.17) is 11.6 Å². The zero-order valence-corrected chi connectivity index (χ0v) is 9.19. The van der Waals surface area contributed by atoms with E-state index in [-0.39, 0.29) is 0 Å². The van der Waals surface area contributed by atoms with E-state index in [0.717, 1.165) is 10.4 Å². The van der Waals surface area contributed by atoms with Crippen LogP contribution in [0.15, 0.2) is 30.3 Å². The van der Waals surface area contributed by atoms with Gasteiger partial charge in [0.05, 0.1) is 0 Å². The van der Waals surface area contributed by atoms with Gasteiger partial charge in [-0.2, -0.15) is 0 Å². The van der Waals surface area contributed by atoms with Gasteiger partial charge in [0.25, 0.3) is 0 Å². The van der Waals surface area contributed by atoms with E-state index >= 15 is 0 Å². The lowest BCUT2D eigenvalue weighted by atomic mass is 10.1. The maximum Gasteiger partial charge on any atom is 0.0406 e. The van der Waals surface area contributed by atoms with Crippen molar-refractivity contribution in [3.8, 4) is 0 Å². The minimum atomic E-state index is 0.783. The highest BCUT2D eigenvalue weighted by molar-refractivity contribution is 9.09. The topological polar surface area (TPSA) is 0 Å². The summed E-state index contributed by atoms with van der Waals surface area (Å²) in [5.74, 6) is 0. The summed E-state index contributed by atoms with van der Waals surface area (Å²) in [6.45, 7) is 2.09. The molecule has 0 saturated carbocycles. The third-order valence-electron chi connectivity index (χ3n) is 1.68. The fourth-order valence-electron chi connectivity index (χ4n) is 0.946. The van der Waals surface area contributed by atoms with Crippen LogP contribution in [0.5, 0.6) is 0 Å². The highest BCUT2D eigenvalue weighted by Gasteiger charge is 1.93. The smallest absolute Gasteiger partial charge is 0.0406 e. The molecule has 0 aliphatic rings. The maximum atomic E-state index is 5.76. The molecule has 0 fully saturated rings. The second-order valence-electron chi connectivity index (χ2n) is 2.55. The van der Waals surface area contributed by atoms with E-state index < -0.39 is 0 Å². The number of rotatable bonds is 2. The van der Waals surface area contributed by atoms with Gasteiger partial charge in [0.15, 0.2) is 0 Å². The molecule has 0 aliphatic heterocycles. The van der Waals surface area contributed by atoms with Crippen LogP contribution < -0.4 is 0 Å². The van der Waals surface area contributed by atoms with Crippen molar-refractivity contribution in [2.75, 3.05) is 5.33 Å². The fourth-order valence-corrected chi connectivity index (χ4v) is 1.56. The van der Waals surface area contributed by atoms with Crippen LogP contribution in [0.1, 0.15) is 12.5 Å². The number of hydrogen-bond acceptors (Lipinski definition) is 0. The molecule has 0 bridgehead atoms. The van der Waals surface area contributed by atoms with E-state index in [2.05, 4.69) is 28.9 Å². The molecule has 0 aliphatic carbocycles. The first-order valence-corrected chi connectivity index (χ1v) is 5.22. The molecule has 0 saturated heterocycles. The number of alkyl halides is 1. The average Bonchev–Trinajstić information content (AvgIpc) is 2.06. The summed E-state index contributed by atoms with van der Waals surface area (Å²) in [4.78, 5) is 0. The molecule has 1 rings (SSSR count). The first-order valence-electron chi connectivity index (χ1n) is 3.72. The van der Waals surface area contributed by atoms with Crippen molar-refractivity contribution in [3.63, 3.8) is 0 Å². The summed E-state index contributed by atoms with van der Waals surface area (Å²) in [5.41, 5.74) is 2.49. The summed E-state index contributed by atoms with van der Waals surface area (Å²) in [6.07, 6.45) is 2.13. The third kappa shape index (κ3) is 2.65. The van der Waals surface area contributed by atoms with Crippen LogP contribution in [-0.4, -0.2) is 5.33 Å². The lowest BCUT2D eigenvalue weighted by molar-refractivity contribution is 1.55. The Bertz CT molecular complexity index is 274. The predicted octanol–water partition coefficient (Wildman–Crippen LogP) is 4.14. The van der Waals surface area contributed by atoms with Crippen molar-refractivity contribution in [1.29, 1.82) is 0 Å². The van der Waals surface area contributed by atoms with Gasteiger partial charge in [-0.3, -0.25) is 0 Å². The van der Waals surface area contributed by atoms with Crippen molar-refractivity contribution in [1.82, 2.24) is 0 Å². The van der Waals surface area contributed by atoms with E-state index in [1.165, 1.54) is 11.1 Å². The fraction of sp³-hybridized carbons (Fsp3) is 0.200. The molecule has 0 heterocycles. The number of hydrogen-bond donors (Lipinski definition) is 0. The Morgan fingerprint density at radius 2 is 2.00 bits per heavy atom.